The monoisotopic (exact) mass is 472 g/mol. The van der Waals surface area contributed by atoms with E-state index in [4.69, 9.17) is 66.1 Å². The molecule has 0 amide bonds. The van der Waals surface area contributed by atoms with Crippen LogP contribution in [0.1, 0.15) is 21.9 Å². The number of hydrogen-bond donors (Lipinski definition) is 1. The van der Waals surface area contributed by atoms with Crippen LogP contribution >= 0.6 is 46.4 Å². The minimum Gasteiger partial charge on any atom is -0.484 e. The minimum absolute atomic E-state index is 0.0269. The maximum absolute atomic E-state index is 12.1. The van der Waals surface area contributed by atoms with Crippen LogP contribution < -0.4 is 10.5 Å². The Hall–Kier alpha value is -2.38. The molecule has 0 aliphatic carbocycles. The number of halogens is 4. The smallest absolute Gasteiger partial charge is 0.400 e. The Morgan fingerprint density at radius 2 is 1.83 bits per heavy atom. The molecule has 6 nitrogen and oxygen atoms in total. The molecule has 0 unspecified atom stereocenters. The first-order chi connectivity index (χ1) is 13.8. The molecule has 2 N–H and O–H groups in total. The second kappa shape index (κ2) is 9.41. The molecule has 3 rings (SSSR count). The number of benzene rings is 2. The molecule has 0 aliphatic rings. The molecule has 10 heteroatoms. The zero-order valence-electron chi connectivity index (χ0n) is 14.5. The largest absolute Gasteiger partial charge is 0.484 e. The van der Waals surface area contributed by atoms with Crippen LogP contribution in [0.4, 0.5) is 0 Å². The first kappa shape index (κ1) is 21.3. The molecule has 150 valence electrons. The van der Waals surface area contributed by atoms with Gasteiger partial charge in [0.1, 0.15) is 23.1 Å². The molecule has 3 aromatic rings. The van der Waals surface area contributed by atoms with Crippen LogP contribution in [-0.4, -0.2) is 11.8 Å². The number of carbonyl (C=O) groups excluding carboxylic acids is 1. The van der Waals surface area contributed by atoms with E-state index in [2.05, 4.69) is 5.16 Å². The molecule has 0 saturated heterocycles. The fourth-order valence-electron chi connectivity index (χ4n) is 2.19. The Balaban J connectivity index is 1.62. The summed E-state index contributed by atoms with van der Waals surface area (Å²) in [5.41, 5.74) is 6.16. The van der Waals surface area contributed by atoms with Gasteiger partial charge in [0.05, 0.1) is 10.0 Å². The van der Waals surface area contributed by atoms with E-state index in [0.717, 1.165) is 0 Å². The van der Waals surface area contributed by atoms with Gasteiger partial charge in [0.2, 0.25) is 5.76 Å². The molecule has 1 aromatic heterocycles. The number of furan rings is 1. The Morgan fingerprint density at radius 1 is 1.03 bits per heavy atom. The van der Waals surface area contributed by atoms with Crippen molar-refractivity contribution < 1.29 is 18.8 Å². The molecular formula is C19H12Cl4N2O4. The van der Waals surface area contributed by atoms with Crippen LogP contribution in [-0.2, 0) is 11.4 Å². The molecule has 0 spiro atoms. The summed E-state index contributed by atoms with van der Waals surface area (Å²) in [6.07, 6.45) is 0. The number of amidine groups is 1. The van der Waals surface area contributed by atoms with E-state index in [-0.39, 0.29) is 28.2 Å². The van der Waals surface area contributed by atoms with Gasteiger partial charge in [-0.15, -0.1) is 0 Å². The van der Waals surface area contributed by atoms with E-state index < -0.39 is 5.97 Å². The number of hydrogen-bond acceptors (Lipinski definition) is 5. The van der Waals surface area contributed by atoms with Crippen molar-refractivity contribution in [2.75, 3.05) is 0 Å². The van der Waals surface area contributed by atoms with Gasteiger partial charge in [-0.2, -0.15) is 0 Å². The molecule has 1 heterocycles. The van der Waals surface area contributed by atoms with Crippen molar-refractivity contribution in [1.82, 2.24) is 0 Å². The summed E-state index contributed by atoms with van der Waals surface area (Å²) in [5, 5.41) is 4.94. The first-order valence-corrected chi connectivity index (χ1v) is 9.52. The predicted molar refractivity (Wildman–Crippen MR) is 112 cm³/mol. The van der Waals surface area contributed by atoms with Gasteiger partial charge in [0.25, 0.3) is 0 Å². The third kappa shape index (κ3) is 5.36. The standard InChI is InChI=1S/C19H12Cl4N2O4/c20-10-4-6-12(14(22)8-10)18(24)25-29-19(26)16-7-5-11(28-16)9-27-15-3-1-2-13(21)17(15)23/h1-8H,9H2,(H2,24,25). The number of oxime groups is 1. The van der Waals surface area contributed by atoms with Crippen LogP contribution in [0.15, 0.2) is 58.1 Å². The lowest BCUT2D eigenvalue weighted by atomic mass is 10.2. The zero-order valence-corrected chi connectivity index (χ0v) is 17.5. The van der Waals surface area contributed by atoms with Crippen molar-refractivity contribution in [3.05, 3.63) is 85.7 Å². The topological polar surface area (TPSA) is 87.1 Å². The summed E-state index contributed by atoms with van der Waals surface area (Å²) >= 11 is 23.8. The van der Waals surface area contributed by atoms with Crippen LogP contribution in [0.25, 0.3) is 0 Å². The second-order valence-corrected chi connectivity index (χ2v) is 7.21. The van der Waals surface area contributed by atoms with E-state index in [9.17, 15) is 4.79 Å². The highest BCUT2D eigenvalue weighted by atomic mass is 35.5. The molecule has 0 fully saturated rings. The number of nitrogens with zero attached hydrogens (tertiary/aromatic N) is 1. The lowest BCUT2D eigenvalue weighted by molar-refractivity contribution is 0.0475. The van der Waals surface area contributed by atoms with Crippen molar-refractivity contribution in [3.8, 4) is 5.75 Å². The highest BCUT2D eigenvalue weighted by molar-refractivity contribution is 6.42. The molecule has 0 atom stereocenters. The summed E-state index contributed by atoms with van der Waals surface area (Å²) in [4.78, 5) is 16.9. The zero-order chi connectivity index (χ0) is 21.0. The lowest BCUT2D eigenvalue weighted by Crippen LogP contribution is -2.15. The van der Waals surface area contributed by atoms with Crippen molar-refractivity contribution in [2.45, 2.75) is 6.61 Å². The van der Waals surface area contributed by atoms with E-state index in [1.54, 1.807) is 36.4 Å². The Labute approximate surface area is 185 Å². The van der Waals surface area contributed by atoms with Crippen LogP contribution in [0.3, 0.4) is 0 Å². The Morgan fingerprint density at radius 3 is 2.59 bits per heavy atom. The van der Waals surface area contributed by atoms with Crippen molar-refractivity contribution in [3.63, 3.8) is 0 Å². The summed E-state index contributed by atoms with van der Waals surface area (Å²) < 4.78 is 10.9. The lowest BCUT2D eigenvalue weighted by Gasteiger charge is -2.07. The van der Waals surface area contributed by atoms with E-state index in [1.807, 2.05) is 0 Å². The summed E-state index contributed by atoms with van der Waals surface area (Å²) in [6.45, 7) is 0.0269. The van der Waals surface area contributed by atoms with Gasteiger partial charge in [0, 0.05) is 10.6 Å². The summed E-state index contributed by atoms with van der Waals surface area (Å²) in [7, 11) is 0. The molecule has 29 heavy (non-hydrogen) atoms. The fraction of sp³-hybridized carbons (Fsp3) is 0.0526. The second-order valence-electron chi connectivity index (χ2n) is 5.59. The van der Waals surface area contributed by atoms with Crippen molar-refractivity contribution in [2.24, 2.45) is 10.9 Å². The van der Waals surface area contributed by atoms with Gasteiger partial charge in [0.15, 0.2) is 5.84 Å². The maximum Gasteiger partial charge on any atom is 0.400 e. The van der Waals surface area contributed by atoms with Crippen LogP contribution in [0.5, 0.6) is 5.75 Å². The summed E-state index contributed by atoms with van der Waals surface area (Å²) in [5.74, 6) is -0.266. The number of ether oxygens (including phenoxy) is 1. The van der Waals surface area contributed by atoms with E-state index in [0.29, 0.717) is 27.1 Å². The molecular weight excluding hydrogens is 462 g/mol. The molecule has 0 radical (unpaired) electrons. The van der Waals surface area contributed by atoms with E-state index >= 15 is 0 Å². The average molecular weight is 474 g/mol. The van der Waals surface area contributed by atoms with Gasteiger partial charge in [-0.05, 0) is 42.5 Å². The first-order valence-electron chi connectivity index (χ1n) is 8.01. The van der Waals surface area contributed by atoms with Crippen molar-refractivity contribution in [1.29, 1.82) is 0 Å². The van der Waals surface area contributed by atoms with Gasteiger partial charge >= 0.3 is 5.97 Å². The van der Waals surface area contributed by atoms with E-state index in [1.165, 1.54) is 12.1 Å². The molecule has 0 saturated carbocycles. The number of carbonyl (C=O) groups is 1. The third-order valence-corrected chi connectivity index (χ3v) is 4.93. The molecule has 0 aliphatic heterocycles. The van der Waals surface area contributed by atoms with Gasteiger partial charge in [-0.1, -0.05) is 57.6 Å². The summed E-state index contributed by atoms with van der Waals surface area (Å²) in [6, 6.07) is 12.6. The van der Waals surface area contributed by atoms with Gasteiger partial charge in [-0.25, -0.2) is 4.79 Å². The van der Waals surface area contributed by atoms with Crippen LogP contribution in [0, 0.1) is 0 Å². The quantitative estimate of drug-likeness (QED) is 0.207. The van der Waals surface area contributed by atoms with Crippen LogP contribution in [0.2, 0.25) is 20.1 Å². The predicted octanol–water partition coefficient (Wildman–Crippen LogP) is 5.95. The van der Waals surface area contributed by atoms with Gasteiger partial charge in [-0.3, -0.25) is 0 Å². The normalized spacial score (nSPS) is 11.4. The Bertz CT molecular complexity index is 1080. The average Bonchev–Trinajstić information content (AvgIpc) is 3.16. The Kier molecular flexibility index (Phi) is 6.92. The third-order valence-electron chi connectivity index (χ3n) is 3.58. The SMILES string of the molecule is N/C(=N\OC(=O)c1ccc(COc2cccc(Cl)c2Cl)o1)c1ccc(Cl)cc1Cl. The van der Waals surface area contributed by atoms with Crippen molar-refractivity contribution >= 4 is 58.2 Å². The minimum atomic E-state index is -0.843. The highest BCUT2D eigenvalue weighted by Crippen LogP contribution is 2.32. The number of nitrogens with two attached hydrogens (primary N) is 1. The maximum atomic E-state index is 12.1. The highest BCUT2D eigenvalue weighted by Gasteiger charge is 2.15. The number of rotatable bonds is 6. The molecule has 2 aromatic carbocycles. The fourth-order valence-corrected chi connectivity index (χ4v) is 3.04. The molecule has 0 bridgehead atoms. The van der Waals surface area contributed by atoms with Gasteiger partial charge < -0.3 is 19.7 Å².